The summed E-state index contributed by atoms with van der Waals surface area (Å²) in [6.07, 6.45) is 0. The number of carbonyl (C=O) groups is 1. The third-order valence-electron chi connectivity index (χ3n) is 5.53. The number of amides is 1. The van der Waals surface area contributed by atoms with Crippen LogP contribution in [0.3, 0.4) is 0 Å². The van der Waals surface area contributed by atoms with Crippen molar-refractivity contribution in [3.8, 4) is 0 Å². The molecule has 166 valence electrons. The molecule has 0 unspecified atom stereocenters. The van der Waals surface area contributed by atoms with Crippen molar-refractivity contribution in [1.29, 1.82) is 0 Å². The van der Waals surface area contributed by atoms with E-state index in [0.717, 1.165) is 11.5 Å². The smallest absolute Gasteiger partial charge is 0.289 e. The van der Waals surface area contributed by atoms with Crippen LogP contribution in [0.2, 0.25) is 0 Å². The van der Waals surface area contributed by atoms with Gasteiger partial charge in [0.1, 0.15) is 11.4 Å². The Morgan fingerprint density at radius 2 is 1.76 bits per heavy atom. The molecule has 3 aromatic heterocycles. The molecule has 4 heterocycles. The molecule has 0 radical (unpaired) electrons. The maximum atomic E-state index is 12.9. The second kappa shape index (κ2) is 8.70. The summed E-state index contributed by atoms with van der Waals surface area (Å²) in [6, 6.07) is 17.7. The Kier molecular flexibility index (Phi) is 5.43. The highest BCUT2D eigenvalue weighted by atomic mass is 16.3. The monoisotopic (exact) mass is 442 g/mol. The van der Waals surface area contributed by atoms with E-state index >= 15 is 0 Å². The Hall–Kier alpha value is -4.27. The van der Waals surface area contributed by atoms with Crippen LogP contribution >= 0.6 is 0 Å². The molecular formula is C24H22N6O3. The number of nitrogens with one attached hydrogen (secondary N) is 1. The van der Waals surface area contributed by atoms with E-state index in [1.165, 1.54) is 6.07 Å². The Balaban J connectivity index is 1.23. The number of rotatable bonds is 4. The van der Waals surface area contributed by atoms with Crippen LogP contribution in [0.1, 0.15) is 16.2 Å². The molecule has 33 heavy (non-hydrogen) atoms. The first-order valence-corrected chi connectivity index (χ1v) is 10.7. The highest BCUT2D eigenvalue weighted by molar-refractivity contribution is 5.93. The van der Waals surface area contributed by atoms with E-state index in [1.807, 2.05) is 37.3 Å². The summed E-state index contributed by atoms with van der Waals surface area (Å²) in [4.78, 5) is 33.4. The molecule has 4 aromatic rings. The molecule has 1 amide bonds. The number of aryl methyl sites for hydroxylation is 1. The summed E-state index contributed by atoms with van der Waals surface area (Å²) in [6.45, 7) is 4.11. The van der Waals surface area contributed by atoms with Crippen LogP contribution in [0, 0.1) is 6.92 Å². The third-order valence-corrected chi connectivity index (χ3v) is 5.53. The molecular weight excluding hydrogens is 420 g/mol. The fraction of sp³-hybridized carbons (Fsp3) is 0.208. The van der Waals surface area contributed by atoms with Gasteiger partial charge in [-0.15, -0.1) is 10.2 Å². The summed E-state index contributed by atoms with van der Waals surface area (Å²) in [5, 5.41) is 12.2. The molecule has 0 saturated carbocycles. The molecule has 9 nitrogen and oxygen atoms in total. The van der Waals surface area contributed by atoms with Crippen molar-refractivity contribution in [1.82, 2.24) is 20.1 Å². The van der Waals surface area contributed by atoms with Crippen molar-refractivity contribution in [2.75, 3.05) is 36.4 Å². The second-order valence-electron chi connectivity index (χ2n) is 7.82. The van der Waals surface area contributed by atoms with E-state index in [4.69, 9.17) is 4.42 Å². The van der Waals surface area contributed by atoms with Gasteiger partial charge in [-0.05, 0) is 43.3 Å². The molecule has 1 saturated heterocycles. The lowest BCUT2D eigenvalue weighted by atomic mass is 10.2. The first kappa shape index (κ1) is 20.6. The number of fused-ring (bicyclic) bond motifs is 1. The molecule has 0 aliphatic carbocycles. The van der Waals surface area contributed by atoms with Crippen LogP contribution in [-0.4, -0.2) is 52.2 Å². The molecule has 1 aliphatic rings. The van der Waals surface area contributed by atoms with Crippen molar-refractivity contribution in [3.63, 3.8) is 0 Å². The van der Waals surface area contributed by atoms with Crippen LogP contribution in [0.15, 0.2) is 69.9 Å². The lowest BCUT2D eigenvalue weighted by Crippen LogP contribution is -2.49. The van der Waals surface area contributed by atoms with Crippen molar-refractivity contribution in [2.45, 2.75) is 6.92 Å². The molecule has 1 N–H and O–H groups in total. The normalized spacial score (nSPS) is 13.8. The predicted octanol–water partition coefficient (Wildman–Crippen LogP) is 2.99. The number of pyridine rings is 1. The maximum Gasteiger partial charge on any atom is 0.289 e. The second-order valence-corrected chi connectivity index (χ2v) is 7.82. The quantitative estimate of drug-likeness (QED) is 0.514. The number of hydrogen-bond donors (Lipinski definition) is 1. The van der Waals surface area contributed by atoms with E-state index < -0.39 is 0 Å². The van der Waals surface area contributed by atoms with Crippen molar-refractivity contribution in [2.24, 2.45) is 0 Å². The van der Waals surface area contributed by atoms with E-state index in [0.29, 0.717) is 48.8 Å². The zero-order valence-corrected chi connectivity index (χ0v) is 18.1. The topological polar surface area (TPSA) is 104 Å². The lowest BCUT2D eigenvalue weighted by Gasteiger charge is -2.34. The molecule has 1 aliphatic heterocycles. The van der Waals surface area contributed by atoms with Crippen molar-refractivity contribution >= 4 is 34.3 Å². The number of aromatic nitrogens is 3. The van der Waals surface area contributed by atoms with Gasteiger partial charge < -0.3 is 19.5 Å². The van der Waals surface area contributed by atoms with Crippen molar-refractivity contribution < 1.29 is 9.21 Å². The molecule has 0 atom stereocenters. The predicted molar refractivity (Wildman–Crippen MR) is 125 cm³/mol. The fourth-order valence-corrected chi connectivity index (χ4v) is 3.81. The summed E-state index contributed by atoms with van der Waals surface area (Å²) < 4.78 is 5.70. The van der Waals surface area contributed by atoms with Crippen molar-refractivity contribution in [3.05, 3.63) is 82.3 Å². The minimum absolute atomic E-state index is 0.0622. The highest BCUT2D eigenvalue weighted by Gasteiger charge is 2.25. The molecule has 0 bridgehead atoms. The van der Waals surface area contributed by atoms with Crippen LogP contribution in [0.25, 0.3) is 11.0 Å². The Morgan fingerprint density at radius 3 is 2.52 bits per heavy atom. The Morgan fingerprint density at radius 1 is 0.939 bits per heavy atom. The SMILES string of the molecule is Cc1cccc(Nc2ccc(N3CCN(C(=O)c4cc(=O)c5ccccc5o4)CC3)nn2)n1. The summed E-state index contributed by atoms with van der Waals surface area (Å²) in [7, 11) is 0. The minimum atomic E-state index is -0.284. The first-order valence-electron chi connectivity index (χ1n) is 10.7. The van der Waals surface area contributed by atoms with Crippen LogP contribution < -0.4 is 15.6 Å². The van der Waals surface area contributed by atoms with Gasteiger partial charge in [0.25, 0.3) is 5.91 Å². The molecule has 5 rings (SSSR count). The number of benzene rings is 1. The Labute approximate surface area is 189 Å². The van der Waals surface area contributed by atoms with Crippen LogP contribution in [0.5, 0.6) is 0 Å². The van der Waals surface area contributed by atoms with E-state index in [-0.39, 0.29) is 17.1 Å². The van der Waals surface area contributed by atoms with Gasteiger partial charge in [0.2, 0.25) is 0 Å². The van der Waals surface area contributed by atoms with Gasteiger partial charge in [0, 0.05) is 37.9 Å². The standard InChI is InChI=1S/C24H22N6O3/c1-16-5-4-8-21(25-16)26-22-9-10-23(28-27-22)29-11-13-30(14-12-29)24(32)20-15-18(31)17-6-2-3-7-19(17)33-20/h2-10,15H,11-14H2,1H3,(H,25,26,27). The Bertz CT molecular complexity index is 1360. The summed E-state index contributed by atoms with van der Waals surface area (Å²) in [5.41, 5.74) is 1.11. The molecule has 1 aromatic carbocycles. The number of hydrogen-bond acceptors (Lipinski definition) is 8. The highest BCUT2D eigenvalue weighted by Crippen LogP contribution is 2.18. The first-order chi connectivity index (χ1) is 16.1. The number of nitrogens with zero attached hydrogens (tertiary/aromatic N) is 5. The number of carbonyl (C=O) groups excluding carboxylic acids is 1. The van der Waals surface area contributed by atoms with Gasteiger partial charge in [-0.2, -0.15) is 0 Å². The van der Waals surface area contributed by atoms with Gasteiger partial charge in [-0.3, -0.25) is 9.59 Å². The molecule has 9 heteroatoms. The third kappa shape index (κ3) is 4.38. The zero-order chi connectivity index (χ0) is 22.8. The van der Waals surface area contributed by atoms with Gasteiger partial charge in [0.15, 0.2) is 22.8 Å². The van der Waals surface area contributed by atoms with E-state index in [9.17, 15) is 9.59 Å². The van der Waals surface area contributed by atoms with Gasteiger partial charge in [-0.25, -0.2) is 4.98 Å². The number of anilines is 3. The lowest BCUT2D eigenvalue weighted by molar-refractivity contribution is 0.0715. The van der Waals surface area contributed by atoms with Crippen LogP contribution in [0.4, 0.5) is 17.5 Å². The zero-order valence-electron chi connectivity index (χ0n) is 18.1. The fourth-order valence-electron chi connectivity index (χ4n) is 3.81. The number of para-hydroxylation sites is 1. The van der Waals surface area contributed by atoms with Gasteiger partial charge in [0.05, 0.1) is 5.39 Å². The summed E-state index contributed by atoms with van der Waals surface area (Å²) in [5.74, 6) is 1.84. The summed E-state index contributed by atoms with van der Waals surface area (Å²) >= 11 is 0. The molecule has 0 spiro atoms. The average Bonchev–Trinajstić information content (AvgIpc) is 2.84. The van der Waals surface area contributed by atoms with E-state index in [2.05, 4.69) is 25.4 Å². The van der Waals surface area contributed by atoms with E-state index in [1.54, 1.807) is 29.2 Å². The van der Waals surface area contributed by atoms with Gasteiger partial charge >= 0.3 is 0 Å². The minimum Gasteiger partial charge on any atom is -0.451 e. The maximum absolute atomic E-state index is 12.9. The number of piperazine rings is 1. The largest absolute Gasteiger partial charge is 0.451 e. The van der Waals surface area contributed by atoms with Gasteiger partial charge in [-0.1, -0.05) is 18.2 Å². The van der Waals surface area contributed by atoms with Crippen LogP contribution in [-0.2, 0) is 0 Å². The average molecular weight is 442 g/mol. The molecule has 1 fully saturated rings.